The van der Waals surface area contributed by atoms with Crippen molar-refractivity contribution in [1.82, 2.24) is 0 Å². The molecule has 0 rings (SSSR count). The second-order valence-corrected chi connectivity index (χ2v) is 1.34. The van der Waals surface area contributed by atoms with Gasteiger partial charge in [-0.3, -0.25) is 0 Å². The molecule has 10 nitrogen and oxygen atoms in total. The summed E-state index contributed by atoms with van der Waals surface area (Å²) in [6, 6.07) is 0. The summed E-state index contributed by atoms with van der Waals surface area (Å²) < 4.78 is 8.55. The van der Waals surface area contributed by atoms with Crippen molar-refractivity contribution in [1.29, 1.82) is 0 Å². The minimum Gasteiger partial charge on any atom is -0.822 e. The largest absolute Gasteiger partial charge is 1.00 e. The van der Waals surface area contributed by atoms with E-state index in [2.05, 4.69) is 0 Å². The zero-order chi connectivity index (χ0) is 4.50. The minimum absolute atomic E-state index is 0. The molecule has 0 fully saturated rings. The van der Waals surface area contributed by atoms with Gasteiger partial charge in [0, 0.05) is 0 Å². The van der Waals surface area contributed by atoms with Gasteiger partial charge >= 0.3 is 103 Å². The topological polar surface area (TPSA) is 275 Å². The zero-order valence-electron chi connectivity index (χ0n) is 7.08. The SMILES string of the molecule is O.O.O.O.O.O.O=P([O-])([O-])[O-].[K+].[K+]. The fourth-order valence-electron chi connectivity index (χ4n) is 0. The summed E-state index contributed by atoms with van der Waals surface area (Å²) in [7, 11) is -5.39. The number of hydrogen-bond donors (Lipinski definition) is 0. The van der Waals surface area contributed by atoms with Gasteiger partial charge in [0.15, 0.2) is 0 Å². The van der Waals surface area contributed by atoms with Crippen LogP contribution >= 0.6 is 7.82 Å². The molecule has 0 aromatic heterocycles. The number of phosphoric acid groups is 1. The van der Waals surface area contributed by atoms with Crippen molar-refractivity contribution in [2.24, 2.45) is 0 Å². The van der Waals surface area contributed by atoms with Crippen LogP contribution in [0.15, 0.2) is 0 Å². The molecule has 0 saturated carbocycles. The third-order valence-corrected chi connectivity index (χ3v) is 0. The van der Waals surface area contributed by atoms with E-state index in [1.54, 1.807) is 0 Å². The molecule has 0 aromatic carbocycles. The van der Waals surface area contributed by atoms with E-state index in [4.69, 9.17) is 19.2 Å². The molecule has 13 heteroatoms. The van der Waals surface area contributed by atoms with Gasteiger partial charge in [-0.15, -0.1) is 0 Å². The van der Waals surface area contributed by atoms with Gasteiger partial charge in [0.05, 0.1) is 0 Å². The number of hydrogen-bond acceptors (Lipinski definition) is 4. The normalized spacial score (nSPS) is 4.54. The van der Waals surface area contributed by atoms with Crippen LogP contribution in [-0.2, 0) is 4.57 Å². The predicted molar refractivity (Wildman–Crippen MR) is 29.3 cm³/mol. The van der Waals surface area contributed by atoms with E-state index >= 15 is 0 Å². The first-order valence-corrected chi connectivity index (χ1v) is 2.19. The monoisotopic (exact) mass is 281 g/mol. The van der Waals surface area contributed by atoms with Crippen molar-refractivity contribution >= 4 is 7.82 Å². The van der Waals surface area contributed by atoms with Gasteiger partial charge in [-0.2, -0.15) is 7.82 Å². The zero-order valence-corrected chi connectivity index (χ0v) is 14.2. The third-order valence-electron chi connectivity index (χ3n) is 0. The van der Waals surface area contributed by atoms with E-state index < -0.39 is 7.82 Å². The Morgan fingerprint density at radius 3 is 0.615 bits per heavy atom. The molecule has 13 heavy (non-hydrogen) atoms. The molecule has 0 aliphatic heterocycles. The third kappa shape index (κ3) is 265. The van der Waals surface area contributed by atoms with E-state index in [9.17, 15) is 0 Å². The average molecular weight is 281 g/mol. The Labute approximate surface area is 159 Å². The quantitative estimate of drug-likeness (QED) is 0.308. The summed E-state index contributed by atoms with van der Waals surface area (Å²) >= 11 is 0. The molecule has 0 aromatic rings. The molecular weight excluding hydrogens is 269 g/mol. The maximum absolute atomic E-state index is 8.55. The molecule has 0 unspecified atom stereocenters. The maximum Gasteiger partial charge on any atom is 1.00 e. The van der Waals surface area contributed by atoms with Crippen molar-refractivity contribution < 1.29 is 155 Å². The predicted octanol–water partition coefficient (Wildman–Crippen LogP) is -13.8. The van der Waals surface area contributed by atoms with Crippen LogP contribution in [0.25, 0.3) is 0 Å². The van der Waals surface area contributed by atoms with Gasteiger partial charge in [-0.25, -0.2) is 0 Å². The van der Waals surface area contributed by atoms with Crippen LogP contribution in [0.2, 0.25) is 0 Å². The molecule has 0 aliphatic carbocycles. The van der Waals surface area contributed by atoms with Gasteiger partial charge in [0.1, 0.15) is 0 Å². The Hall–Kier alpha value is 3.14. The average Bonchev–Trinajstić information content (AvgIpc) is 0.722. The summed E-state index contributed by atoms with van der Waals surface area (Å²) in [6.45, 7) is 0. The summed E-state index contributed by atoms with van der Waals surface area (Å²) in [5, 5.41) is 0. The molecule has 12 N–H and O–H groups in total. The van der Waals surface area contributed by atoms with Crippen LogP contribution in [0, 0.1) is 0 Å². The fourth-order valence-corrected chi connectivity index (χ4v) is 0. The van der Waals surface area contributed by atoms with Crippen molar-refractivity contribution in [3.05, 3.63) is 0 Å². The van der Waals surface area contributed by atoms with Crippen molar-refractivity contribution in [3.8, 4) is 0 Å². The van der Waals surface area contributed by atoms with Crippen molar-refractivity contribution in [2.75, 3.05) is 0 Å². The van der Waals surface area contributed by atoms with Crippen LogP contribution in [0.1, 0.15) is 0 Å². The van der Waals surface area contributed by atoms with E-state index in [1.807, 2.05) is 0 Å². The Morgan fingerprint density at radius 1 is 0.615 bits per heavy atom. The molecule has 0 radical (unpaired) electrons. The molecule has 0 saturated heterocycles. The molecule has 0 spiro atoms. The first kappa shape index (κ1) is 72.6. The summed E-state index contributed by atoms with van der Waals surface area (Å²) in [5.41, 5.74) is 0. The van der Waals surface area contributed by atoms with E-state index in [0.717, 1.165) is 0 Å². The molecular formula is H12K2O10P-. The van der Waals surface area contributed by atoms with E-state index in [1.165, 1.54) is 0 Å². The first-order valence-electron chi connectivity index (χ1n) is 0.730. The Morgan fingerprint density at radius 2 is 0.615 bits per heavy atom. The number of rotatable bonds is 0. The summed E-state index contributed by atoms with van der Waals surface area (Å²) in [5.74, 6) is 0. The van der Waals surface area contributed by atoms with Crippen LogP contribution < -0.4 is 117 Å². The molecule has 0 amide bonds. The van der Waals surface area contributed by atoms with Crippen LogP contribution in [0.4, 0.5) is 0 Å². The van der Waals surface area contributed by atoms with Crippen molar-refractivity contribution in [3.63, 3.8) is 0 Å². The van der Waals surface area contributed by atoms with Crippen LogP contribution in [0.5, 0.6) is 0 Å². The first-order chi connectivity index (χ1) is 2.00. The van der Waals surface area contributed by atoms with Gasteiger partial charge in [-0.05, 0) is 0 Å². The molecule has 80 valence electrons. The Bertz CT molecular complexity index is 59.1. The van der Waals surface area contributed by atoms with Crippen LogP contribution in [-0.4, -0.2) is 32.9 Å². The van der Waals surface area contributed by atoms with Gasteiger partial charge in [0.25, 0.3) is 0 Å². The maximum atomic E-state index is 8.55. The van der Waals surface area contributed by atoms with Gasteiger partial charge in [0.2, 0.25) is 0 Å². The molecule has 0 bridgehead atoms. The molecule has 0 aliphatic rings. The second-order valence-electron chi connectivity index (χ2n) is 0.447. The smallest absolute Gasteiger partial charge is 0.822 e. The van der Waals surface area contributed by atoms with Crippen LogP contribution in [0.3, 0.4) is 0 Å². The minimum atomic E-state index is -5.39. The van der Waals surface area contributed by atoms with Crippen molar-refractivity contribution in [2.45, 2.75) is 0 Å². The van der Waals surface area contributed by atoms with Gasteiger partial charge in [-0.1, -0.05) is 0 Å². The second kappa shape index (κ2) is 36.2. The Kier molecular flexibility index (Phi) is 202. The van der Waals surface area contributed by atoms with E-state index in [0.29, 0.717) is 0 Å². The van der Waals surface area contributed by atoms with Gasteiger partial charge < -0.3 is 52.1 Å². The standard InChI is InChI=1S/2K.H3O4P.6H2O/c;;1-5(2,3)4;;;;;;/h;;(H3,1,2,3,4);6*1H2/q2*+1;;;;;;;/p-3. The summed E-state index contributed by atoms with van der Waals surface area (Å²) in [4.78, 5) is 25.6. The molecule has 0 atom stereocenters. The fraction of sp³-hybridized carbons (Fsp3) is 0. The summed E-state index contributed by atoms with van der Waals surface area (Å²) in [6.07, 6.45) is 0. The Balaban J connectivity index is -0.00000000286. The van der Waals surface area contributed by atoms with E-state index in [-0.39, 0.29) is 136 Å². The molecule has 0 heterocycles.